The van der Waals surface area contributed by atoms with E-state index >= 15 is 0 Å². The minimum atomic E-state index is -0.0862. The van der Waals surface area contributed by atoms with Gasteiger partial charge in [-0.1, -0.05) is 6.42 Å². The van der Waals surface area contributed by atoms with Gasteiger partial charge in [-0.3, -0.25) is 0 Å². The lowest BCUT2D eigenvalue weighted by Crippen LogP contribution is -2.32. The first kappa shape index (κ1) is 13.9. The normalized spacial score (nSPS) is 25.5. The van der Waals surface area contributed by atoms with Crippen LogP contribution in [0.25, 0.3) is 0 Å². The van der Waals surface area contributed by atoms with Crippen molar-refractivity contribution in [1.82, 2.24) is 4.90 Å². The molecular formula is C12H25NO3. The van der Waals surface area contributed by atoms with Gasteiger partial charge in [-0.25, -0.2) is 0 Å². The van der Waals surface area contributed by atoms with Crippen LogP contribution in [0.3, 0.4) is 0 Å². The zero-order valence-corrected chi connectivity index (χ0v) is 10.5. The summed E-state index contributed by atoms with van der Waals surface area (Å²) < 4.78 is 10.3. The van der Waals surface area contributed by atoms with Crippen molar-refractivity contribution in [2.45, 2.75) is 25.4 Å². The van der Waals surface area contributed by atoms with E-state index in [2.05, 4.69) is 11.9 Å². The lowest BCUT2D eigenvalue weighted by Gasteiger charge is -2.22. The fourth-order valence-electron chi connectivity index (χ4n) is 2.19. The second-order valence-corrected chi connectivity index (χ2v) is 4.63. The molecule has 16 heavy (non-hydrogen) atoms. The molecule has 2 atom stereocenters. The van der Waals surface area contributed by atoms with Gasteiger partial charge in [0.1, 0.15) is 0 Å². The van der Waals surface area contributed by atoms with Gasteiger partial charge >= 0.3 is 0 Å². The van der Waals surface area contributed by atoms with Crippen molar-refractivity contribution in [2.75, 3.05) is 47.1 Å². The average molecular weight is 231 g/mol. The lowest BCUT2D eigenvalue weighted by molar-refractivity contribution is 0.0529. The van der Waals surface area contributed by atoms with E-state index in [9.17, 15) is 5.11 Å². The zero-order valence-electron chi connectivity index (χ0n) is 10.5. The van der Waals surface area contributed by atoms with Gasteiger partial charge in [-0.2, -0.15) is 0 Å². The van der Waals surface area contributed by atoms with E-state index in [4.69, 9.17) is 9.47 Å². The second-order valence-electron chi connectivity index (χ2n) is 4.63. The highest BCUT2D eigenvalue weighted by Crippen LogP contribution is 2.25. The van der Waals surface area contributed by atoms with Crippen LogP contribution in [-0.2, 0) is 9.47 Å². The molecular weight excluding hydrogens is 206 g/mol. The molecule has 1 fully saturated rings. The number of aliphatic hydroxyl groups is 1. The first-order valence-electron chi connectivity index (χ1n) is 6.17. The largest absolute Gasteiger partial charge is 0.393 e. The summed E-state index contributed by atoms with van der Waals surface area (Å²) in [5.74, 6) is 0.462. The summed E-state index contributed by atoms with van der Waals surface area (Å²) in [7, 11) is 3.77. The van der Waals surface area contributed by atoms with Crippen LogP contribution < -0.4 is 0 Å². The van der Waals surface area contributed by atoms with Gasteiger partial charge in [0.2, 0.25) is 0 Å². The fourth-order valence-corrected chi connectivity index (χ4v) is 2.19. The maximum atomic E-state index is 9.70. The third-order valence-corrected chi connectivity index (χ3v) is 3.21. The summed E-state index contributed by atoms with van der Waals surface area (Å²) in [6.45, 7) is 3.96. The van der Waals surface area contributed by atoms with Crippen molar-refractivity contribution in [3.63, 3.8) is 0 Å². The summed E-state index contributed by atoms with van der Waals surface area (Å²) in [6.07, 6.45) is 3.22. The van der Waals surface area contributed by atoms with E-state index in [1.165, 1.54) is 6.42 Å². The van der Waals surface area contributed by atoms with Crippen molar-refractivity contribution in [3.05, 3.63) is 0 Å². The minimum Gasteiger partial charge on any atom is -0.393 e. The Morgan fingerprint density at radius 1 is 1.25 bits per heavy atom. The number of likely N-dealkylation sites (N-methyl/N-ethyl adjacent to an activating group) is 1. The van der Waals surface area contributed by atoms with Crippen molar-refractivity contribution < 1.29 is 14.6 Å². The molecule has 0 spiro atoms. The number of methoxy groups -OCH3 is 1. The first-order chi connectivity index (χ1) is 7.74. The van der Waals surface area contributed by atoms with Gasteiger partial charge in [0.15, 0.2) is 0 Å². The molecule has 0 aliphatic heterocycles. The molecule has 0 aromatic rings. The van der Waals surface area contributed by atoms with Crippen LogP contribution >= 0.6 is 0 Å². The number of ether oxygens (including phenoxy) is 2. The smallest absolute Gasteiger partial charge is 0.0700 e. The molecule has 1 aliphatic rings. The van der Waals surface area contributed by atoms with Crippen LogP contribution in [0.2, 0.25) is 0 Å². The van der Waals surface area contributed by atoms with Gasteiger partial charge in [0.25, 0.3) is 0 Å². The van der Waals surface area contributed by atoms with Crippen molar-refractivity contribution in [3.8, 4) is 0 Å². The molecule has 4 nitrogen and oxygen atoms in total. The summed E-state index contributed by atoms with van der Waals surface area (Å²) >= 11 is 0. The number of rotatable bonds is 8. The molecule has 1 rings (SSSR count). The molecule has 0 amide bonds. The quantitative estimate of drug-likeness (QED) is 0.626. The molecule has 0 radical (unpaired) electrons. The van der Waals surface area contributed by atoms with Crippen molar-refractivity contribution >= 4 is 0 Å². The third-order valence-electron chi connectivity index (χ3n) is 3.21. The van der Waals surface area contributed by atoms with Crippen LogP contribution in [0.15, 0.2) is 0 Å². The minimum absolute atomic E-state index is 0.0862. The maximum absolute atomic E-state index is 9.70. The van der Waals surface area contributed by atoms with E-state index in [0.717, 1.165) is 32.5 Å². The zero-order chi connectivity index (χ0) is 11.8. The average Bonchev–Trinajstić information content (AvgIpc) is 2.64. The summed E-state index contributed by atoms with van der Waals surface area (Å²) in [5.41, 5.74) is 0. The van der Waals surface area contributed by atoms with Gasteiger partial charge in [-0.15, -0.1) is 0 Å². The summed E-state index contributed by atoms with van der Waals surface area (Å²) in [5, 5.41) is 9.70. The van der Waals surface area contributed by atoms with Gasteiger partial charge in [0.05, 0.1) is 25.9 Å². The van der Waals surface area contributed by atoms with Gasteiger partial charge < -0.3 is 19.5 Å². The van der Waals surface area contributed by atoms with Crippen molar-refractivity contribution in [1.29, 1.82) is 0 Å². The molecule has 4 heteroatoms. The highest BCUT2D eigenvalue weighted by molar-refractivity contribution is 4.78. The Labute approximate surface area is 98.5 Å². The molecule has 0 bridgehead atoms. The molecule has 0 saturated heterocycles. The Hall–Kier alpha value is -0.160. The number of nitrogens with zero attached hydrogens (tertiary/aromatic N) is 1. The van der Waals surface area contributed by atoms with E-state index in [1.807, 2.05) is 0 Å². The molecule has 0 heterocycles. The van der Waals surface area contributed by atoms with Crippen LogP contribution in [-0.4, -0.2) is 63.2 Å². The number of hydrogen-bond donors (Lipinski definition) is 1. The molecule has 0 aromatic carbocycles. The highest BCUT2D eigenvalue weighted by atomic mass is 16.5. The van der Waals surface area contributed by atoms with E-state index < -0.39 is 0 Å². The standard InChI is InChI=1S/C12H25NO3/c1-13(6-7-16-9-8-15-2)10-11-4-3-5-12(11)14/h11-12,14H,3-10H2,1-2H3. The van der Waals surface area contributed by atoms with Crippen LogP contribution in [0.1, 0.15) is 19.3 Å². The molecule has 2 unspecified atom stereocenters. The van der Waals surface area contributed by atoms with Crippen LogP contribution in [0, 0.1) is 5.92 Å². The molecule has 1 N–H and O–H groups in total. The Bertz CT molecular complexity index is 178. The Morgan fingerprint density at radius 3 is 2.69 bits per heavy atom. The Balaban J connectivity index is 1.99. The fraction of sp³-hybridized carbons (Fsp3) is 1.00. The van der Waals surface area contributed by atoms with Crippen molar-refractivity contribution in [2.24, 2.45) is 5.92 Å². The number of hydrogen-bond acceptors (Lipinski definition) is 4. The third kappa shape index (κ3) is 5.25. The Kier molecular flexibility index (Phi) is 6.96. The predicted molar refractivity (Wildman–Crippen MR) is 63.5 cm³/mol. The molecule has 0 aromatic heterocycles. The molecule has 1 aliphatic carbocycles. The van der Waals surface area contributed by atoms with Crippen LogP contribution in [0.4, 0.5) is 0 Å². The van der Waals surface area contributed by atoms with E-state index in [-0.39, 0.29) is 6.10 Å². The first-order valence-corrected chi connectivity index (χ1v) is 6.17. The summed E-state index contributed by atoms with van der Waals surface area (Å²) in [4.78, 5) is 2.24. The van der Waals surface area contributed by atoms with E-state index in [1.54, 1.807) is 7.11 Å². The highest BCUT2D eigenvalue weighted by Gasteiger charge is 2.25. The lowest BCUT2D eigenvalue weighted by atomic mass is 10.1. The Morgan fingerprint density at radius 2 is 2.06 bits per heavy atom. The van der Waals surface area contributed by atoms with Gasteiger partial charge in [-0.05, 0) is 25.8 Å². The monoisotopic (exact) mass is 231 g/mol. The van der Waals surface area contributed by atoms with E-state index in [0.29, 0.717) is 19.1 Å². The van der Waals surface area contributed by atoms with Crippen LogP contribution in [0.5, 0.6) is 0 Å². The maximum Gasteiger partial charge on any atom is 0.0700 e. The number of aliphatic hydroxyl groups excluding tert-OH is 1. The molecule has 96 valence electrons. The predicted octanol–water partition coefficient (Wildman–Crippen LogP) is 0.742. The SMILES string of the molecule is COCCOCCN(C)CC1CCCC1O. The topological polar surface area (TPSA) is 41.9 Å². The molecule has 1 saturated carbocycles. The second kappa shape index (κ2) is 8.01. The van der Waals surface area contributed by atoms with Gasteiger partial charge in [0, 0.05) is 20.2 Å². The summed E-state index contributed by atoms with van der Waals surface area (Å²) in [6, 6.07) is 0.